The highest BCUT2D eigenvalue weighted by atomic mass is 35.5. The van der Waals surface area contributed by atoms with Gasteiger partial charge in [0.05, 0.1) is 10.6 Å². The maximum atomic E-state index is 13.9. The van der Waals surface area contributed by atoms with E-state index in [2.05, 4.69) is 5.32 Å². The van der Waals surface area contributed by atoms with Crippen molar-refractivity contribution < 1.29 is 18.0 Å². The van der Waals surface area contributed by atoms with E-state index in [0.717, 1.165) is 9.87 Å². The molecule has 0 spiro atoms. The van der Waals surface area contributed by atoms with Gasteiger partial charge in [-0.1, -0.05) is 59.6 Å². The van der Waals surface area contributed by atoms with Crippen molar-refractivity contribution in [2.45, 2.75) is 51.2 Å². The smallest absolute Gasteiger partial charge is 0.264 e. The number of benzene rings is 3. The van der Waals surface area contributed by atoms with Gasteiger partial charge in [0.1, 0.15) is 12.6 Å². The monoisotopic (exact) mass is 575 g/mol. The minimum atomic E-state index is -4.12. The van der Waals surface area contributed by atoms with Gasteiger partial charge < -0.3 is 10.2 Å². The number of amides is 2. The van der Waals surface area contributed by atoms with Crippen molar-refractivity contribution >= 4 is 50.7 Å². The molecule has 1 N–H and O–H groups in total. The highest BCUT2D eigenvalue weighted by Gasteiger charge is 2.33. The lowest BCUT2D eigenvalue weighted by atomic mass is 10.1. The number of nitrogens with one attached hydrogen (secondary N) is 1. The number of aryl methyl sites for hydroxylation is 1. The molecular weight excluding hydrogens is 545 g/mol. The van der Waals surface area contributed by atoms with Crippen LogP contribution in [-0.2, 0) is 26.2 Å². The van der Waals surface area contributed by atoms with Gasteiger partial charge in [0.15, 0.2) is 0 Å². The van der Waals surface area contributed by atoms with Crippen molar-refractivity contribution in [3.63, 3.8) is 0 Å². The Labute approximate surface area is 234 Å². The average Bonchev–Trinajstić information content (AvgIpc) is 2.86. The largest absolute Gasteiger partial charge is 0.352 e. The molecule has 202 valence electrons. The van der Waals surface area contributed by atoms with Gasteiger partial charge in [-0.3, -0.25) is 13.9 Å². The van der Waals surface area contributed by atoms with E-state index in [4.69, 9.17) is 23.2 Å². The van der Waals surface area contributed by atoms with E-state index < -0.39 is 28.5 Å². The third-order valence-corrected chi connectivity index (χ3v) is 8.38. The van der Waals surface area contributed by atoms with Crippen LogP contribution in [0.3, 0.4) is 0 Å². The van der Waals surface area contributed by atoms with E-state index in [1.165, 1.54) is 17.0 Å². The number of hydrogen-bond acceptors (Lipinski definition) is 4. The van der Waals surface area contributed by atoms with Gasteiger partial charge in [-0.15, -0.1) is 0 Å². The van der Waals surface area contributed by atoms with E-state index in [1.807, 2.05) is 26.8 Å². The normalized spacial score (nSPS) is 12.2. The first-order valence-corrected chi connectivity index (χ1v) is 14.3. The highest BCUT2D eigenvalue weighted by molar-refractivity contribution is 7.92. The van der Waals surface area contributed by atoms with Crippen LogP contribution in [0.2, 0.25) is 10.0 Å². The zero-order chi connectivity index (χ0) is 28.0. The summed E-state index contributed by atoms with van der Waals surface area (Å²) in [4.78, 5) is 28.2. The Hall–Kier alpha value is -3.07. The Morgan fingerprint density at radius 1 is 0.895 bits per heavy atom. The topological polar surface area (TPSA) is 86.8 Å². The average molecular weight is 577 g/mol. The van der Waals surface area contributed by atoms with E-state index >= 15 is 0 Å². The molecule has 0 fully saturated rings. The van der Waals surface area contributed by atoms with Gasteiger partial charge in [0.25, 0.3) is 10.0 Å². The number of sulfonamides is 1. The molecule has 0 aliphatic heterocycles. The number of carbonyl (C=O) groups is 2. The van der Waals surface area contributed by atoms with Crippen molar-refractivity contribution in [3.8, 4) is 0 Å². The summed E-state index contributed by atoms with van der Waals surface area (Å²) in [7, 11) is -4.12. The molecule has 0 saturated heterocycles. The molecular formula is C28H31Cl2N3O4S. The molecule has 1 unspecified atom stereocenters. The Bertz CT molecular complexity index is 1380. The van der Waals surface area contributed by atoms with Crippen LogP contribution in [0.1, 0.15) is 31.9 Å². The molecule has 0 aromatic heterocycles. The Morgan fingerprint density at radius 2 is 1.50 bits per heavy atom. The maximum Gasteiger partial charge on any atom is 0.264 e. The fraction of sp³-hybridized carbons (Fsp3) is 0.286. The van der Waals surface area contributed by atoms with Crippen LogP contribution < -0.4 is 9.62 Å². The second kappa shape index (κ2) is 12.7. The summed E-state index contributed by atoms with van der Waals surface area (Å²) in [6.07, 6.45) is 0. The van der Waals surface area contributed by atoms with E-state index in [0.29, 0.717) is 21.3 Å². The van der Waals surface area contributed by atoms with Crippen molar-refractivity contribution in [1.29, 1.82) is 0 Å². The number of rotatable bonds is 10. The van der Waals surface area contributed by atoms with Gasteiger partial charge in [-0.2, -0.15) is 0 Å². The summed E-state index contributed by atoms with van der Waals surface area (Å²) in [5, 5.41) is 3.48. The van der Waals surface area contributed by atoms with Crippen LogP contribution in [0, 0.1) is 6.92 Å². The molecule has 7 nitrogen and oxygen atoms in total. The van der Waals surface area contributed by atoms with Gasteiger partial charge in [0, 0.05) is 28.2 Å². The van der Waals surface area contributed by atoms with Crippen LogP contribution in [0.5, 0.6) is 0 Å². The molecule has 0 heterocycles. The van der Waals surface area contributed by atoms with Crippen molar-refractivity contribution in [3.05, 3.63) is 94.0 Å². The van der Waals surface area contributed by atoms with E-state index in [-0.39, 0.29) is 23.4 Å². The molecule has 2 amide bonds. The number of hydrogen-bond donors (Lipinski definition) is 1. The third kappa shape index (κ3) is 7.07. The molecule has 3 aromatic carbocycles. The minimum Gasteiger partial charge on any atom is -0.352 e. The second-order valence-electron chi connectivity index (χ2n) is 9.22. The highest BCUT2D eigenvalue weighted by Crippen LogP contribution is 2.28. The summed E-state index contributed by atoms with van der Waals surface area (Å²) in [6, 6.07) is 18.7. The first kappa shape index (κ1) is 29.5. The maximum absolute atomic E-state index is 13.9. The lowest BCUT2D eigenvalue weighted by Crippen LogP contribution is -2.52. The Kier molecular flexibility index (Phi) is 9.82. The van der Waals surface area contributed by atoms with Crippen LogP contribution >= 0.6 is 23.2 Å². The second-order valence-corrected chi connectivity index (χ2v) is 11.9. The molecule has 3 aromatic rings. The standard InChI is InChI=1S/C28H31Cl2N3O4S/c1-19(2)31-28(35)21(4)32(17-24-25(29)14-9-15-26(24)30)27(34)18-33(22-11-8-10-20(3)16-22)38(36,37)23-12-6-5-7-13-23/h5-16,19,21H,17-18H2,1-4H3,(H,31,35). The first-order chi connectivity index (χ1) is 17.9. The van der Waals surface area contributed by atoms with Crippen LogP contribution in [0.25, 0.3) is 0 Å². The first-order valence-electron chi connectivity index (χ1n) is 12.1. The fourth-order valence-corrected chi connectivity index (χ4v) is 5.82. The van der Waals surface area contributed by atoms with Crippen molar-refractivity contribution in [2.75, 3.05) is 10.8 Å². The quantitative estimate of drug-likeness (QED) is 0.348. The lowest BCUT2D eigenvalue weighted by Gasteiger charge is -2.32. The summed E-state index contributed by atoms with van der Waals surface area (Å²) < 4.78 is 28.6. The number of anilines is 1. The SMILES string of the molecule is Cc1cccc(N(CC(=O)N(Cc2c(Cl)cccc2Cl)C(C)C(=O)NC(C)C)S(=O)(=O)c2ccccc2)c1. The zero-order valence-electron chi connectivity index (χ0n) is 21.7. The molecule has 0 aliphatic carbocycles. The number of nitrogens with zero attached hydrogens (tertiary/aromatic N) is 2. The molecule has 3 rings (SSSR count). The zero-order valence-corrected chi connectivity index (χ0v) is 24.0. The summed E-state index contributed by atoms with van der Waals surface area (Å²) in [5.74, 6) is -0.974. The van der Waals surface area contributed by atoms with Gasteiger partial charge in [0.2, 0.25) is 11.8 Å². The molecule has 0 bridgehead atoms. The minimum absolute atomic E-state index is 0.0422. The summed E-state index contributed by atoms with van der Waals surface area (Å²) in [6.45, 7) is 6.42. The van der Waals surface area contributed by atoms with Crippen LogP contribution in [-0.4, -0.2) is 43.8 Å². The third-order valence-electron chi connectivity index (χ3n) is 5.89. The Balaban J connectivity index is 2.06. The molecule has 0 radical (unpaired) electrons. The predicted octanol–water partition coefficient (Wildman–Crippen LogP) is 5.44. The molecule has 0 aliphatic rings. The van der Waals surface area contributed by atoms with E-state index in [1.54, 1.807) is 61.5 Å². The van der Waals surface area contributed by atoms with Gasteiger partial charge in [-0.05, 0) is 69.7 Å². The summed E-state index contributed by atoms with van der Waals surface area (Å²) in [5.41, 5.74) is 1.62. The predicted molar refractivity (Wildman–Crippen MR) is 152 cm³/mol. The Morgan fingerprint density at radius 3 is 2.08 bits per heavy atom. The number of halogens is 2. The van der Waals surface area contributed by atoms with Crippen molar-refractivity contribution in [2.24, 2.45) is 0 Å². The van der Waals surface area contributed by atoms with E-state index in [9.17, 15) is 18.0 Å². The fourth-order valence-electron chi connectivity index (χ4n) is 3.87. The molecule has 10 heteroatoms. The molecule has 1 atom stereocenters. The number of carbonyl (C=O) groups excluding carboxylic acids is 2. The summed E-state index contributed by atoms with van der Waals surface area (Å²) >= 11 is 12.8. The molecule has 38 heavy (non-hydrogen) atoms. The van der Waals surface area contributed by atoms with Crippen LogP contribution in [0.4, 0.5) is 5.69 Å². The van der Waals surface area contributed by atoms with Gasteiger partial charge >= 0.3 is 0 Å². The van der Waals surface area contributed by atoms with Crippen molar-refractivity contribution in [1.82, 2.24) is 10.2 Å². The van der Waals surface area contributed by atoms with Crippen LogP contribution in [0.15, 0.2) is 77.7 Å². The lowest BCUT2D eigenvalue weighted by molar-refractivity contribution is -0.139. The molecule has 0 saturated carbocycles. The van der Waals surface area contributed by atoms with Gasteiger partial charge in [-0.25, -0.2) is 8.42 Å².